The predicted molar refractivity (Wildman–Crippen MR) is 106 cm³/mol. The van der Waals surface area contributed by atoms with Crippen LogP contribution in [0.2, 0.25) is 0 Å². The van der Waals surface area contributed by atoms with Gasteiger partial charge < -0.3 is 10.6 Å². The van der Waals surface area contributed by atoms with Gasteiger partial charge in [-0.2, -0.15) is 0 Å². The van der Waals surface area contributed by atoms with Crippen molar-refractivity contribution in [1.29, 1.82) is 0 Å². The lowest BCUT2D eigenvalue weighted by atomic mass is 10.1. The van der Waals surface area contributed by atoms with Crippen LogP contribution in [0.1, 0.15) is 17.7 Å². The zero-order valence-corrected chi connectivity index (χ0v) is 15.5. The average Bonchev–Trinajstić information content (AvgIpc) is 3.11. The van der Waals surface area contributed by atoms with Crippen molar-refractivity contribution in [3.63, 3.8) is 0 Å². The number of aryl methyl sites for hydroxylation is 1. The molecule has 2 aromatic heterocycles. The first-order valence-electron chi connectivity index (χ1n) is 9.02. The number of anilines is 2. The number of H-pyrrole nitrogens is 1. The number of hydrogen-bond donors (Lipinski definition) is 2. The predicted octanol–water partition coefficient (Wildman–Crippen LogP) is 1.31. The number of nitrogens with one attached hydrogen (secondary N) is 1. The number of nitrogen functional groups attached to an aromatic ring is 1. The third kappa shape index (κ3) is 3.48. The van der Waals surface area contributed by atoms with Gasteiger partial charge in [0.2, 0.25) is 5.95 Å². The van der Waals surface area contributed by atoms with Gasteiger partial charge in [-0.3, -0.25) is 14.7 Å². The van der Waals surface area contributed by atoms with E-state index in [0.717, 1.165) is 41.8 Å². The Kier molecular flexibility index (Phi) is 4.49. The summed E-state index contributed by atoms with van der Waals surface area (Å²) in [6.45, 7) is 4.45. The van der Waals surface area contributed by atoms with Crippen molar-refractivity contribution in [3.8, 4) is 0 Å². The van der Waals surface area contributed by atoms with Gasteiger partial charge in [-0.1, -0.05) is 12.1 Å². The van der Waals surface area contributed by atoms with Crippen LogP contribution in [0.15, 0.2) is 35.4 Å². The Bertz CT molecular complexity index is 1030. The normalized spacial score (nSPS) is 17.1. The lowest BCUT2D eigenvalue weighted by Crippen LogP contribution is -2.35. The molecule has 0 saturated carbocycles. The molecule has 4 rings (SSSR count). The molecule has 1 aliphatic heterocycles. The van der Waals surface area contributed by atoms with Crippen LogP contribution in [0.3, 0.4) is 0 Å². The lowest BCUT2D eigenvalue weighted by molar-refractivity contribution is 0.247. The molecule has 1 aromatic carbocycles. The first-order valence-corrected chi connectivity index (χ1v) is 9.02. The van der Waals surface area contributed by atoms with Gasteiger partial charge in [0.05, 0.1) is 11.2 Å². The maximum absolute atomic E-state index is 11.6. The van der Waals surface area contributed by atoms with E-state index >= 15 is 0 Å². The lowest BCUT2D eigenvalue weighted by Gasteiger charge is -2.25. The summed E-state index contributed by atoms with van der Waals surface area (Å²) in [6.07, 6.45) is 2.66. The largest absolute Gasteiger partial charge is 0.369 e. The van der Waals surface area contributed by atoms with E-state index in [9.17, 15) is 4.79 Å². The molecule has 0 aliphatic carbocycles. The minimum atomic E-state index is -0.221. The van der Waals surface area contributed by atoms with Crippen LogP contribution in [0.5, 0.6) is 0 Å². The van der Waals surface area contributed by atoms with E-state index in [2.05, 4.69) is 55.8 Å². The summed E-state index contributed by atoms with van der Waals surface area (Å²) >= 11 is 0. The molecular weight excluding hydrogens is 342 g/mol. The highest BCUT2D eigenvalue weighted by Crippen LogP contribution is 2.28. The Morgan fingerprint density at radius 2 is 2.22 bits per heavy atom. The highest BCUT2D eigenvalue weighted by molar-refractivity contribution is 5.91. The Labute approximate surface area is 157 Å². The third-order valence-corrected chi connectivity index (χ3v) is 5.16. The van der Waals surface area contributed by atoms with Crippen molar-refractivity contribution in [1.82, 2.24) is 24.8 Å². The molecule has 1 unspecified atom stereocenters. The molecule has 1 aliphatic rings. The maximum atomic E-state index is 11.6. The summed E-state index contributed by atoms with van der Waals surface area (Å²) in [5.41, 5.74) is 8.26. The van der Waals surface area contributed by atoms with Gasteiger partial charge in [-0.25, -0.2) is 15.0 Å². The first kappa shape index (κ1) is 17.4. The van der Waals surface area contributed by atoms with Gasteiger partial charge in [0.1, 0.15) is 12.1 Å². The number of hydrogen-bond acceptors (Lipinski definition) is 7. The number of likely N-dealkylation sites (N-methyl/N-ethyl adjacent to an activating group) is 1. The maximum Gasteiger partial charge on any atom is 0.252 e. The van der Waals surface area contributed by atoms with Crippen LogP contribution < -0.4 is 16.2 Å². The number of nitrogens with two attached hydrogens (primary N) is 1. The van der Waals surface area contributed by atoms with Crippen molar-refractivity contribution in [2.75, 3.05) is 30.8 Å². The fourth-order valence-electron chi connectivity index (χ4n) is 3.76. The van der Waals surface area contributed by atoms with E-state index in [1.807, 2.05) is 6.07 Å². The number of aromatic nitrogens is 4. The van der Waals surface area contributed by atoms with Gasteiger partial charge in [-0.15, -0.1) is 0 Å². The molecule has 140 valence electrons. The fraction of sp³-hybridized carbons (Fsp3) is 0.368. The third-order valence-electron chi connectivity index (χ3n) is 5.16. The number of fused-ring (bicyclic) bond motifs is 1. The second kappa shape index (κ2) is 6.96. The summed E-state index contributed by atoms with van der Waals surface area (Å²) in [4.78, 5) is 31.8. The topological polar surface area (TPSA) is 104 Å². The van der Waals surface area contributed by atoms with Gasteiger partial charge in [0.25, 0.3) is 5.56 Å². The summed E-state index contributed by atoms with van der Waals surface area (Å²) < 4.78 is 0. The van der Waals surface area contributed by atoms with E-state index < -0.39 is 0 Å². The molecule has 1 fully saturated rings. The van der Waals surface area contributed by atoms with Crippen molar-refractivity contribution in [2.45, 2.75) is 25.9 Å². The molecule has 1 atom stereocenters. The second-order valence-electron chi connectivity index (χ2n) is 7.09. The van der Waals surface area contributed by atoms with Gasteiger partial charge in [0, 0.05) is 37.1 Å². The van der Waals surface area contributed by atoms with Crippen molar-refractivity contribution in [3.05, 3.63) is 52.2 Å². The number of rotatable bonds is 4. The molecule has 0 radical (unpaired) electrons. The van der Waals surface area contributed by atoms with Crippen LogP contribution >= 0.6 is 0 Å². The standard InChI is InChI=1S/C19H23N7O/c1-12-4-3-5-15-17(12)21-11-22-18(15)26-7-6-14(10-26)25(2)9-13-8-16(27)24-19(20)23-13/h3-5,8,11,14H,6-7,9-10H2,1-2H3,(H3,20,23,24,27). The zero-order valence-electron chi connectivity index (χ0n) is 15.5. The number of nitrogens with zero attached hydrogens (tertiary/aromatic N) is 5. The highest BCUT2D eigenvalue weighted by atomic mass is 16.1. The minimum Gasteiger partial charge on any atom is -0.369 e. The Hall–Kier alpha value is -3.00. The van der Waals surface area contributed by atoms with E-state index in [1.165, 1.54) is 6.07 Å². The molecule has 3 heterocycles. The van der Waals surface area contributed by atoms with Crippen LogP contribution in [0.4, 0.5) is 11.8 Å². The SMILES string of the molecule is Cc1cccc2c(N3CCC(N(C)Cc4cc(=O)[nH]c(N)n4)C3)ncnc12. The summed E-state index contributed by atoms with van der Waals surface area (Å²) in [5, 5.41) is 1.09. The number of benzene rings is 1. The Morgan fingerprint density at radius 3 is 3.04 bits per heavy atom. The minimum absolute atomic E-state index is 0.154. The highest BCUT2D eigenvalue weighted by Gasteiger charge is 2.28. The monoisotopic (exact) mass is 365 g/mol. The molecule has 8 heteroatoms. The van der Waals surface area contributed by atoms with Crippen LogP contribution in [0.25, 0.3) is 10.9 Å². The van der Waals surface area contributed by atoms with Gasteiger partial charge in [-0.05, 0) is 32.0 Å². The second-order valence-corrected chi connectivity index (χ2v) is 7.09. The Balaban J connectivity index is 1.52. The molecule has 3 N–H and O–H groups in total. The molecule has 0 amide bonds. The van der Waals surface area contributed by atoms with Crippen molar-refractivity contribution in [2.24, 2.45) is 0 Å². The van der Waals surface area contributed by atoms with E-state index in [0.29, 0.717) is 18.3 Å². The molecule has 0 spiro atoms. The van der Waals surface area contributed by atoms with E-state index in [4.69, 9.17) is 5.73 Å². The van der Waals surface area contributed by atoms with Gasteiger partial charge >= 0.3 is 0 Å². The smallest absolute Gasteiger partial charge is 0.252 e. The molecule has 3 aromatic rings. The quantitative estimate of drug-likeness (QED) is 0.718. The average molecular weight is 365 g/mol. The van der Waals surface area contributed by atoms with Crippen LogP contribution in [-0.2, 0) is 6.54 Å². The summed E-state index contributed by atoms with van der Waals surface area (Å²) in [5.74, 6) is 1.14. The number of aromatic amines is 1. The Morgan fingerprint density at radius 1 is 1.37 bits per heavy atom. The summed E-state index contributed by atoms with van der Waals surface area (Å²) in [7, 11) is 2.05. The van der Waals surface area contributed by atoms with Crippen molar-refractivity contribution >= 4 is 22.7 Å². The number of para-hydroxylation sites is 1. The molecular formula is C19H23N7O. The van der Waals surface area contributed by atoms with E-state index in [1.54, 1.807) is 6.33 Å². The van der Waals surface area contributed by atoms with Gasteiger partial charge in [0.15, 0.2) is 0 Å². The molecule has 8 nitrogen and oxygen atoms in total. The summed E-state index contributed by atoms with van der Waals surface area (Å²) in [6, 6.07) is 8.05. The van der Waals surface area contributed by atoms with Crippen LogP contribution in [0, 0.1) is 6.92 Å². The molecule has 0 bridgehead atoms. The molecule has 27 heavy (non-hydrogen) atoms. The van der Waals surface area contributed by atoms with E-state index in [-0.39, 0.29) is 11.5 Å². The molecule has 1 saturated heterocycles. The van der Waals surface area contributed by atoms with Crippen molar-refractivity contribution < 1.29 is 0 Å². The fourth-order valence-corrected chi connectivity index (χ4v) is 3.76. The van der Waals surface area contributed by atoms with Crippen LogP contribution in [-0.4, -0.2) is 51.0 Å². The zero-order chi connectivity index (χ0) is 19.0. The first-order chi connectivity index (χ1) is 13.0.